The Bertz CT molecular complexity index is 960. The highest BCUT2D eigenvalue weighted by molar-refractivity contribution is 6.30. The van der Waals surface area contributed by atoms with Gasteiger partial charge in [-0.3, -0.25) is 0 Å². The number of aromatic nitrogens is 2. The van der Waals surface area contributed by atoms with Crippen LogP contribution in [0.1, 0.15) is 0 Å². The van der Waals surface area contributed by atoms with Crippen LogP contribution in [-0.2, 0) is 0 Å². The van der Waals surface area contributed by atoms with Crippen molar-refractivity contribution in [3.05, 3.63) is 96.0 Å². The molecular weight excluding hydrogens is 316 g/mol. The number of nitrogens with zero attached hydrogens (tertiary/aromatic N) is 2. The molecule has 3 aromatic carbocycles. The maximum absolute atomic E-state index is 6.19. The summed E-state index contributed by atoms with van der Waals surface area (Å²) in [6.07, 6.45) is 0. The predicted octanol–water partition coefficient (Wildman–Crippen LogP) is 5.86. The van der Waals surface area contributed by atoms with E-state index in [-0.39, 0.29) is 0 Å². The molecule has 116 valence electrons. The molecule has 0 aliphatic rings. The Kier molecular flexibility index (Phi) is 3.89. The zero-order valence-corrected chi connectivity index (χ0v) is 13.7. The third kappa shape index (κ3) is 2.84. The van der Waals surface area contributed by atoms with Gasteiger partial charge >= 0.3 is 0 Å². The average Bonchev–Trinajstić information content (AvgIpc) is 3.09. The van der Waals surface area contributed by atoms with E-state index < -0.39 is 0 Å². The Morgan fingerprint density at radius 3 is 2.04 bits per heavy atom. The van der Waals surface area contributed by atoms with Crippen LogP contribution >= 0.6 is 11.6 Å². The van der Waals surface area contributed by atoms with Crippen molar-refractivity contribution in [2.24, 2.45) is 0 Å². The van der Waals surface area contributed by atoms with E-state index in [0.717, 1.165) is 33.2 Å². The van der Waals surface area contributed by atoms with E-state index >= 15 is 0 Å². The molecule has 0 spiro atoms. The largest absolute Gasteiger partial charge is 0.232 e. The van der Waals surface area contributed by atoms with Gasteiger partial charge in [0.05, 0.1) is 17.1 Å². The quantitative estimate of drug-likeness (QED) is 0.460. The first-order chi connectivity index (χ1) is 11.8. The summed E-state index contributed by atoms with van der Waals surface area (Å²) in [7, 11) is 0. The van der Waals surface area contributed by atoms with Crippen LogP contribution in [-0.4, -0.2) is 9.78 Å². The second-order valence-electron chi connectivity index (χ2n) is 5.54. The highest BCUT2D eigenvalue weighted by Crippen LogP contribution is 2.29. The first kappa shape index (κ1) is 14.7. The summed E-state index contributed by atoms with van der Waals surface area (Å²) in [5.74, 6) is 0. The van der Waals surface area contributed by atoms with Gasteiger partial charge in [0.15, 0.2) is 0 Å². The second-order valence-corrected chi connectivity index (χ2v) is 5.97. The summed E-state index contributed by atoms with van der Waals surface area (Å²) in [6, 6.07) is 30.3. The van der Waals surface area contributed by atoms with Gasteiger partial charge < -0.3 is 0 Å². The molecular formula is C21H15ClN2. The molecule has 0 amide bonds. The fourth-order valence-electron chi connectivity index (χ4n) is 2.75. The first-order valence-electron chi connectivity index (χ1n) is 7.78. The third-order valence-electron chi connectivity index (χ3n) is 3.90. The molecule has 0 fully saturated rings. The minimum atomic E-state index is 0.717. The lowest BCUT2D eigenvalue weighted by Gasteiger charge is -2.07. The van der Waals surface area contributed by atoms with Crippen LogP contribution in [0.4, 0.5) is 0 Å². The van der Waals surface area contributed by atoms with Gasteiger partial charge in [-0.25, -0.2) is 4.68 Å². The molecule has 0 atom stereocenters. The van der Waals surface area contributed by atoms with Crippen molar-refractivity contribution in [2.75, 3.05) is 0 Å². The summed E-state index contributed by atoms with van der Waals surface area (Å²) in [5.41, 5.74) is 5.11. The van der Waals surface area contributed by atoms with Gasteiger partial charge in [0.1, 0.15) is 0 Å². The fraction of sp³-hybridized carbons (Fsp3) is 0. The maximum Gasteiger partial charge on any atom is 0.0934 e. The minimum Gasteiger partial charge on any atom is -0.232 e. The summed E-state index contributed by atoms with van der Waals surface area (Å²) in [6.45, 7) is 0. The molecule has 0 N–H and O–H groups in total. The average molecular weight is 331 g/mol. The van der Waals surface area contributed by atoms with E-state index in [1.54, 1.807) is 0 Å². The van der Waals surface area contributed by atoms with Gasteiger partial charge in [0, 0.05) is 16.1 Å². The Hall–Kier alpha value is -2.84. The molecule has 0 saturated carbocycles. The SMILES string of the molecule is Clc1cccc(-c2cc(-c3ccccc3)nn2-c2ccccc2)c1. The van der Waals surface area contributed by atoms with Crippen molar-refractivity contribution in [3.63, 3.8) is 0 Å². The van der Waals surface area contributed by atoms with Gasteiger partial charge in [-0.1, -0.05) is 72.3 Å². The Labute approximate surface area is 146 Å². The van der Waals surface area contributed by atoms with Crippen LogP contribution in [0.15, 0.2) is 91.0 Å². The lowest BCUT2D eigenvalue weighted by Crippen LogP contribution is -1.98. The van der Waals surface area contributed by atoms with E-state index in [0.29, 0.717) is 0 Å². The molecule has 0 radical (unpaired) electrons. The van der Waals surface area contributed by atoms with Crippen LogP contribution < -0.4 is 0 Å². The van der Waals surface area contributed by atoms with Crippen molar-refractivity contribution >= 4 is 11.6 Å². The van der Waals surface area contributed by atoms with Crippen molar-refractivity contribution in [1.29, 1.82) is 0 Å². The number of hydrogen-bond donors (Lipinski definition) is 0. The zero-order valence-electron chi connectivity index (χ0n) is 12.9. The Morgan fingerprint density at radius 1 is 0.667 bits per heavy atom. The van der Waals surface area contributed by atoms with Gasteiger partial charge in [0.25, 0.3) is 0 Å². The Morgan fingerprint density at radius 2 is 1.33 bits per heavy atom. The summed E-state index contributed by atoms with van der Waals surface area (Å²) >= 11 is 6.19. The molecule has 0 aliphatic carbocycles. The standard InChI is InChI=1S/C21H15ClN2/c22-18-11-7-10-17(14-18)21-15-20(16-8-3-1-4-9-16)23-24(21)19-12-5-2-6-13-19/h1-15H. The highest BCUT2D eigenvalue weighted by Gasteiger charge is 2.13. The normalized spacial score (nSPS) is 10.7. The third-order valence-corrected chi connectivity index (χ3v) is 4.14. The smallest absolute Gasteiger partial charge is 0.0934 e. The van der Waals surface area contributed by atoms with Crippen LogP contribution in [0, 0.1) is 0 Å². The van der Waals surface area contributed by atoms with Crippen molar-refractivity contribution in [1.82, 2.24) is 9.78 Å². The van der Waals surface area contributed by atoms with Crippen LogP contribution in [0.3, 0.4) is 0 Å². The molecule has 1 aromatic heterocycles. The fourth-order valence-corrected chi connectivity index (χ4v) is 2.94. The summed E-state index contributed by atoms with van der Waals surface area (Å²) < 4.78 is 1.97. The molecule has 0 bridgehead atoms. The molecule has 0 unspecified atom stereocenters. The molecule has 4 rings (SSSR count). The first-order valence-corrected chi connectivity index (χ1v) is 8.16. The number of benzene rings is 3. The van der Waals surface area contributed by atoms with Crippen LogP contribution in [0.25, 0.3) is 28.2 Å². The van der Waals surface area contributed by atoms with Gasteiger partial charge in [-0.2, -0.15) is 5.10 Å². The molecule has 0 saturated heterocycles. The zero-order chi connectivity index (χ0) is 16.4. The lowest BCUT2D eigenvalue weighted by atomic mass is 10.1. The van der Waals surface area contributed by atoms with Crippen molar-refractivity contribution in [3.8, 4) is 28.2 Å². The van der Waals surface area contributed by atoms with E-state index in [1.807, 2.05) is 59.3 Å². The monoisotopic (exact) mass is 330 g/mol. The summed E-state index contributed by atoms with van der Waals surface area (Å²) in [4.78, 5) is 0. The number of hydrogen-bond acceptors (Lipinski definition) is 1. The second kappa shape index (κ2) is 6.34. The maximum atomic E-state index is 6.19. The van der Waals surface area contributed by atoms with E-state index in [4.69, 9.17) is 16.7 Å². The van der Waals surface area contributed by atoms with Crippen LogP contribution in [0.2, 0.25) is 5.02 Å². The van der Waals surface area contributed by atoms with Crippen LogP contribution in [0.5, 0.6) is 0 Å². The highest BCUT2D eigenvalue weighted by atomic mass is 35.5. The molecule has 1 heterocycles. The molecule has 24 heavy (non-hydrogen) atoms. The summed E-state index contributed by atoms with van der Waals surface area (Å²) in [5, 5.41) is 5.55. The van der Waals surface area contributed by atoms with Gasteiger partial charge in [-0.15, -0.1) is 0 Å². The number of halogens is 1. The molecule has 2 nitrogen and oxygen atoms in total. The van der Waals surface area contributed by atoms with Gasteiger partial charge in [-0.05, 0) is 30.3 Å². The Balaban J connectivity index is 1.92. The molecule has 3 heteroatoms. The van der Waals surface area contributed by atoms with E-state index in [9.17, 15) is 0 Å². The molecule has 0 aliphatic heterocycles. The van der Waals surface area contributed by atoms with Gasteiger partial charge in [0.2, 0.25) is 0 Å². The predicted molar refractivity (Wildman–Crippen MR) is 99.4 cm³/mol. The van der Waals surface area contributed by atoms with Crippen molar-refractivity contribution < 1.29 is 0 Å². The number of para-hydroxylation sites is 1. The minimum absolute atomic E-state index is 0.717. The lowest BCUT2D eigenvalue weighted by molar-refractivity contribution is 0.892. The number of rotatable bonds is 3. The molecule has 4 aromatic rings. The van der Waals surface area contributed by atoms with E-state index in [2.05, 4.69) is 36.4 Å². The topological polar surface area (TPSA) is 17.8 Å². The van der Waals surface area contributed by atoms with E-state index in [1.165, 1.54) is 0 Å². The van der Waals surface area contributed by atoms with Crippen molar-refractivity contribution in [2.45, 2.75) is 0 Å².